The zero-order valence-corrected chi connectivity index (χ0v) is 7.91. The Hall–Kier alpha value is -0.240. The third kappa shape index (κ3) is 2.37. The van der Waals surface area contributed by atoms with E-state index >= 15 is 0 Å². The summed E-state index contributed by atoms with van der Waals surface area (Å²) in [6, 6.07) is 0. The third-order valence-electron chi connectivity index (χ3n) is 1.89. The van der Waals surface area contributed by atoms with E-state index in [-0.39, 0.29) is 5.12 Å². The molecule has 0 saturated heterocycles. The van der Waals surface area contributed by atoms with Crippen LogP contribution < -0.4 is 0 Å². The molecule has 0 heterocycles. The Bertz CT molecular complexity index is 184. The van der Waals surface area contributed by atoms with E-state index in [0.29, 0.717) is 5.92 Å². The number of hydrogen-bond acceptors (Lipinski definition) is 2. The average Bonchev–Trinajstić information content (AvgIpc) is 2.36. The van der Waals surface area contributed by atoms with Gasteiger partial charge in [0.1, 0.15) is 0 Å². The molecule has 0 N–H and O–H groups in total. The molecule has 62 valence electrons. The van der Waals surface area contributed by atoms with Crippen molar-refractivity contribution in [3.8, 4) is 0 Å². The summed E-state index contributed by atoms with van der Waals surface area (Å²) in [5, 5.41) is 0.289. The smallest absolute Gasteiger partial charge is 0.215 e. The molecule has 0 aliphatic heterocycles. The third-order valence-corrected chi connectivity index (χ3v) is 2.71. The Kier molecular flexibility index (Phi) is 3.18. The van der Waals surface area contributed by atoms with Gasteiger partial charge in [-0.15, -0.1) is 0 Å². The van der Waals surface area contributed by atoms with Crippen LogP contribution >= 0.6 is 11.8 Å². The van der Waals surface area contributed by atoms with Gasteiger partial charge >= 0.3 is 0 Å². The van der Waals surface area contributed by atoms with E-state index in [1.165, 1.54) is 11.8 Å². The van der Waals surface area contributed by atoms with Crippen molar-refractivity contribution < 1.29 is 4.79 Å². The summed E-state index contributed by atoms with van der Waals surface area (Å²) < 4.78 is 0. The first kappa shape index (κ1) is 8.85. The first-order valence-corrected chi connectivity index (χ1v) is 5.10. The van der Waals surface area contributed by atoms with E-state index < -0.39 is 0 Å². The highest BCUT2D eigenvalue weighted by molar-refractivity contribution is 8.14. The first-order valence-electron chi connectivity index (χ1n) is 4.12. The average molecular weight is 170 g/mol. The summed E-state index contributed by atoms with van der Waals surface area (Å²) in [7, 11) is 0. The number of hydrogen-bond donors (Lipinski definition) is 0. The Labute approximate surface area is 72.2 Å². The summed E-state index contributed by atoms with van der Waals surface area (Å²) in [5.74, 6) is 1.51. The molecule has 1 rings (SSSR count). The molecule has 0 aromatic carbocycles. The Morgan fingerprint density at radius 1 is 1.82 bits per heavy atom. The second kappa shape index (κ2) is 3.96. The molecule has 0 radical (unpaired) electrons. The monoisotopic (exact) mass is 170 g/mol. The number of carbonyl (C=O) groups excluding carboxylic acids is 1. The second-order valence-corrected chi connectivity index (χ2v) is 4.17. The molecule has 0 aromatic rings. The summed E-state index contributed by atoms with van der Waals surface area (Å²) >= 11 is 1.42. The molecule has 0 amide bonds. The first-order chi connectivity index (χ1) is 5.24. The zero-order chi connectivity index (χ0) is 8.27. The van der Waals surface area contributed by atoms with Crippen molar-refractivity contribution in [1.82, 2.24) is 0 Å². The molecule has 1 aliphatic rings. The van der Waals surface area contributed by atoms with Gasteiger partial charge in [-0.05, 0) is 24.5 Å². The minimum atomic E-state index is 0.289. The summed E-state index contributed by atoms with van der Waals surface area (Å²) in [4.78, 5) is 11.3. The fourth-order valence-electron chi connectivity index (χ4n) is 1.29. The number of allylic oxidation sites excluding steroid dienone is 1. The Morgan fingerprint density at radius 3 is 3.00 bits per heavy atom. The lowest BCUT2D eigenvalue weighted by atomic mass is 10.2. The van der Waals surface area contributed by atoms with Crippen LogP contribution in [0.1, 0.15) is 26.7 Å². The standard InChI is InChI=1S/C9H14OS/c1-3-11-9(10)8-5-4-7(2)6-8/h6-7H,3-5H2,1-2H3. The van der Waals surface area contributed by atoms with E-state index in [4.69, 9.17) is 0 Å². The maximum absolute atomic E-state index is 11.3. The summed E-state index contributed by atoms with van der Waals surface area (Å²) in [6.07, 6.45) is 4.27. The van der Waals surface area contributed by atoms with E-state index in [1.54, 1.807) is 0 Å². The van der Waals surface area contributed by atoms with Crippen molar-refractivity contribution in [1.29, 1.82) is 0 Å². The van der Waals surface area contributed by atoms with Gasteiger partial charge in [0.15, 0.2) is 0 Å². The predicted octanol–water partition coefficient (Wildman–Crippen LogP) is 2.62. The molecule has 0 fully saturated rings. The van der Waals surface area contributed by atoms with Gasteiger partial charge < -0.3 is 0 Å². The predicted molar refractivity (Wildman–Crippen MR) is 49.6 cm³/mol. The van der Waals surface area contributed by atoms with Crippen molar-refractivity contribution >= 4 is 16.9 Å². The van der Waals surface area contributed by atoms with Gasteiger partial charge in [-0.1, -0.05) is 31.7 Å². The molecule has 0 spiro atoms. The van der Waals surface area contributed by atoms with Gasteiger partial charge in [-0.3, -0.25) is 4.79 Å². The number of rotatable bonds is 2. The lowest BCUT2D eigenvalue weighted by molar-refractivity contribution is -0.107. The maximum Gasteiger partial charge on any atom is 0.215 e. The Balaban J connectivity index is 2.48. The van der Waals surface area contributed by atoms with Crippen LogP contribution in [0.4, 0.5) is 0 Å². The van der Waals surface area contributed by atoms with Gasteiger partial charge in [0.2, 0.25) is 5.12 Å². The molecule has 0 saturated carbocycles. The van der Waals surface area contributed by atoms with Gasteiger partial charge in [-0.25, -0.2) is 0 Å². The molecule has 11 heavy (non-hydrogen) atoms. The highest BCUT2D eigenvalue weighted by Gasteiger charge is 2.16. The van der Waals surface area contributed by atoms with Crippen LogP contribution in [0.25, 0.3) is 0 Å². The zero-order valence-electron chi connectivity index (χ0n) is 7.09. The van der Waals surface area contributed by atoms with Crippen LogP contribution in [0.2, 0.25) is 0 Å². The van der Waals surface area contributed by atoms with E-state index in [2.05, 4.69) is 13.0 Å². The molecule has 0 bridgehead atoms. The lowest BCUT2D eigenvalue weighted by Gasteiger charge is -1.95. The van der Waals surface area contributed by atoms with Crippen LogP contribution in [-0.2, 0) is 4.79 Å². The van der Waals surface area contributed by atoms with E-state index in [0.717, 1.165) is 24.2 Å². The van der Waals surface area contributed by atoms with Crippen molar-refractivity contribution in [3.63, 3.8) is 0 Å². The van der Waals surface area contributed by atoms with Crippen LogP contribution in [0.3, 0.4) is 0 Å². The van der Waals surface area contributed by atoms with Crippen molar-refractivity contribution in [2.45, 2.75) is 26.7 Å². The normalized spacial score (nSPS) is 23.5. The van der Waals surface area contributed by atoms with Crippen LogP contribution in [0.15, 0.2) is 11.6 Å². The molecule has 0 aromatic heterocycles. The molecule has 1 aliphatic carbocycles. The highest BCUT2D eigenvalue weighted by atomic mass is 32.2. The van der Waals surface area contributed by atoms with Crippen molar-refractivity contribution in [3.05, 3.63) is 11.6 Å². The summed E-state index contributed by atoms with van der Waals surface area (Å²) in [5.41, 5.74) is 1.05. The molecule has 1 atom stereocenters. The minimum absolute atomic E-state index is 0.289. The van der Waals surface area contributed by atoms with Gasteiger partial charge in [0, 0.05) is 5.57 Å². The van der Waals surface area contributed by atoms with E-state index in [9.17, 15) is 4.79 Å². The van der Waals surface area contributed by atoms with Gasteiger partial charge in [0.05, 0.1) is 0 Å². The van der Waals surface area contributed by atoms with E-state index in [1.807, 2.05) is 6.92 Å². The molecular formula is C9H14OS. The minimum Gasteiger partial charge on any atom is -0.282 e. The van der Waals surface area contributed by atoms with Gasteiger partial charge in [0.25, 0.3) is 0 Å². The number of carbonyl (C=O) groups is 1. The molecule has 2 heteroatoms. The molecule has 1 unspecified atom stereocenters. The topological polar surface area (TPSA) is 17.1 Å². The highest BCUT2D eigenvalue weighted by Crippen LogP contribution is 2.26. The van der Waals surface area contributed by atoms with Crippen LogP contribution in [0.5, 0.6) is 0 Å². The summed E-state index contributed by atoms with van der Waals surface area (Å²) in [6.45, 7) is 4.18. The van der Waals surface area contributed by atoms with Gasteiger partial charge in [-0.2, -0.15) is 0 Å². The lowest BCUT2D eigenvalue weighted by Crippen LogP contribution is -1.94. The van der Waals surface area contributed by atoms with Crippen LogP contribution in [-0.4, -0.2) is 10.9 Å². The fraction of sp³-hybridized carbons (Fsp3) is 0.667. The molecule has 1 nitrogen and oxygen atoms in total. The number of thioether (sulfide) groups is 1. The SMILES string of the molecule is CCSC(=O)C1=CC(C)CC1. The maximum atomic E-state index is 11.3. The fourth-order valence-corrected chi connectivity index (χ4v) is 1.90. The Morgan fingerprint density at radius 2 is 2.55 bits per heavy atom. The van der Waals surface area contributed by atoms with Crippen molar-refractivity contribution in [2.24, 2.45) is 5.92 Å². The van der Waals surface area contributed by atoms with Crippen molar-refractivity contribution in [2.75, 3.05) is 5.75 Å². The molecular weight excluding hydrogens is 156 g/mol. The second-order valence-electron chi connectivity index (χ2n) is 2.93. The van der Waals surface area contributed by atoms with Crippen LogP contribution in [0, 0.1) is 5.92 Å². The largest absolute Gasteiger partial charge is 0.282 e. The quantitative estimate of drug-likeness (QED) is 0.633.